The Bertz CT molecular complexity index is 264. The maximum Gasteiger partial charge on any atom is 0.320 e. The summed E-state index contributed by atoms with van der Waals surface area (Å²) in [6, 6.07) is 0. The molecule has 1 heterocycles. The lowest BCUT2D eigenvalue weighted by atomic mass is 10.3. The molecule has 1 fully saturated rings. The Labute approximate surface area is 104 Å². The summed E-state index contributed by atoms with van der Waals surface area (Å²) in [7, 11) is 0. The second kappa shape index (κ2) is 6.23. The number of nitrogens with zero attached hydrogens (tertiary/aromatic N) is 1. The fraction of sp³-hybridized carbons (Fsp3) is 0.818. The molecule has 5 heteroatoms. The summed E-state index contributed by atoms with van der Waals surface area (Å²) in [5.41, 5.74) is 0. The summed E-state index contributed by atoms with van der Waals surface area (Å²) in [5, 5.41) is 0. The summed E-state index contributed by atoms with van der Waals surface area (Å²) in [4.78, 5) is 24.7. The van der Waals surface area contributed by atoms with E-state index in [4.69, 9.17) is 4.74 Å². The minimum absolute atomic E-state index is 0.0818. The predicted octanol–water partition coefficient (Wildman–Crippen LogP) is 1.71. The molecule has 0 aromatic rings. The number of carbonyl (C=O) groups is 2. The van der Waals surface area contributed by atoms with Crippen LogP contribution in [0.25, 0.3) is 0 Å². The molecule has 2 atom stereocenters. The Balaban J connectivity index is 2.41. The van der Waals surface area contributed by atoms with Crippen molar-refractivity contribution in [1.29, 1.82) is 0 Å². The van der Waals surface area contributed by atoms with Crippen LogP contribution in [0.5, 0.6) is 0 Å². The largest absolute Gasteiger partial charge is 0.452 e. The molecule has 0 spiro atoms. The van der Waals surface area contributed by atoms with E-state index in [2.05, 4.69) is 15.9 Å². The highest BCUT2D eigenvalue weighted by Crippen LogP contribution is 2.13. The van der Waals surface area contributed by atoms with Crippen LogP contribution in [0.2, 0.25) is 0 Å². The first-order valence-corrected chi connectivity index (χ1v) is 6.61. The van der Waals surface area contributed by atoms with Crippen molar-refractivity contribution in [3.8, 4) is 0 Å². The number of carbonyl (C=O) groups excluding carboxylic acids is 2. The molecule has 1 amide bonds. The Morgan fingerprint density at radius 2 is 1.94 bits per heavy atom. The number of esters is 1. The molecule has 0 N–H and O–H groups in total. The smallest absolute Gasteiger partial charge is 0.320 e. The Kier molecular flexibility index (Phi) is 5.25. The molecule has 0 aromatic carbocycles. The van der Waals surface area contributed by atoms with Crippen LogP contribution in [0.1, 0.15) is 33.1 Å². The lowest BCUT2D eigenvalue weighted by Gasteiger charge is -2.21. The maximum atomic E-state index is 11.8. The van der Waals surface area contributed by atoms with Crippen LogP contribution < -0.4 is 0 Å². The van der Waals surface area contributed by atoms with E-state index in [1.165, 1.54) is 0 Å². The van der Waals surface area contributed by atoms with Crippen molar-refractivity contribution < 1.29 is 14.3 Å². The molecular weight excluding hydrogens is 274 g/mol. The first-order chi connectivity index (χ1) is 7.56. The minimum atomic E-state index is -0.669. The fourth-order valence-electron chi connectivity index (χ4n) is 1.66. The average Bonchev–Trinajstić information content (AvgIpc) is 2.79. The third-order valence-electron chi connectivity index (χ3n) is 2.67. The average molecular weight is 292 g/mol. The van der Waals surface area contributed by atoms with Crippen molar-refractivity contribution in [2.24, 2.45) is 0 Å². The highest BCUT2D eigenvalue weighted by Gasteiger charge is 2.27. The number of alkyl halides is 1. The van der Waals surface area contributed by atoms with Gasteiger partial charge in [0.1, 0.15) is 4.83 Å². The summed E-state index contributed by atoms with van der Waals surface area (Å²) in [6.07, 6.45) is 2.08. The minimum Gasteiger partial charge on any atom is -0.452 e. The first kappa shape index (κ1) is 13.5. The second-order valence-corrected chi connectivity index (χ2v) is 5.09. The molecule has 4 nitrogen and oxygen atoms in total. The summed E-state index contributed by atoms with van der Waals surface area (Å²) < 4.78 is 5.10. The zero-order valence-corrected chi connectivity index (χ0v) is 11.3. The van der Waals surface area contributed by atoms with Crippen LogP contribution >= 0.6 is 15.9 Å². The van der Waals surface area contributed by atoms with Gasteiger partial charge < -0.3 is 9.64 Å². The molecule has 1 aliphatic heterocycles. The van der Waals surface area contributed by atoms with E-state index in [-0.39, 0.29) is 16.7 Å². The second-order valence-electron chi connectivity index (χ2n) is 3.99. The van der Waals surface area contributed by atoms with Gasteiger partial charge in [-0.2, -0.15) is 0 Å². The van der Waals surface area contributed by atoms with Crippen LogP contribution in [-0.4, -0.2) is 40.8 Å². The molecule has 16 heavy (non-hydrogen) atoms. The number of hydrogen-bond donors (Lipinski definition) is 0. The van der Waals surface area contributed by atoms with Crippen molar-refractivity contribution in [1.82, 2.24) is 4.90 Å². The van der Waals surface area contributed by atoms with E-state index in [9.17, 15) is 9.59 Å². The van der Waals surface area contributed by atoms with Gasteiger partial charge in [0, 0.05) is 13.1 Å². The van der Waals surface area contributed by atoms with Crippen molar-refractivity contribution in [3.63, 3.8) is 0 Å². The Morgan fingerprint density at radius 3 is 2.44 bits per heavy atom. The maximum absolute atomic E-state index is 11.8. The van der Waals surface area contributed by atoms with Crippen LogP contribution in [0.3, 0.4) is 0 Å². The summed E-state index contributed by atoms with van der Waals surface area (Å²) >= 11 is 3.20. The van der Waals surface area contributed by atoms with Gasteiger partial charge in [-0.25, -0.2) is 0 Å². The van der Waals surface area contributed by atoms with Crippen molar-refractivity contribution in [3.05, 3.63) is 0 Å². The Hall–Kier alpha value is -0.580. The van der Waals surface area contributed by atoms with E-state index in [0.29, 0.717) is 6.42 Å². The number of hydrogen-bond acceptors (Lipinski definition) is 3. The van der Waals surface area contributed by atoms with Crippen LogP contribution in [0.15, 0.2) is 0 Å². The highest BCUT2D eigenvalue weighted by molar-refractivity contribution is 9.10. The molecule has 0 bridgehead atoms. The number of ether oxygens (including phenoxy) is 1. The number of rotatable bonds is 4. The van der Waals surface area contributed by atoms with E-state index in [1.807, 2.05) is 6.92 Å². The molecule has 0 aromatic heterocycles. The third-order valence-corrected chi connectivity index (χ3v) is 3.69. The normalized spacial score (nSPS) is 19.3. The van der Waals surface area contributed by atoms with Crippen molar-refractivity contribution in [2.45, 2.75) is 44.0 Å². The number of likely N-dealkylation sites (tertiary alicyclic amines) is 1. The molecule has 0 aliphatic carbocycles. The number of halogens is 1. The monoisotopic (exact) mass is 291 g/mol. The van der Waals surface area contributed by atoms with E-state index in [0.717, 1.165) is 25.9 Å². The molecule has 92 valence electrons. The number of amides is 1. The lowest BCUT2D eigenvalue weighted by Crippen LogP contribution is -2.39. The van der Waals surface area contributed by atoms with E-state index >= 15 is 0 Å². The highest BCUT2D eigenvalue weighted by atomic mass is 79.9. The van der Waals surface area contributed by atoms with Gasteiger partial charge in [-0.1, -0.05) is 22.9 Å². The summed E-state index contributed by atoms with van der Waals surface area (Å²) in [6.45, 7) is 5.08. The van der Waals surface area contributed by atoms with Gasteiger partial charge in [0.2, 0.25) is 0 Å². The quantitative estimate of drug-likeness (QED) is 0.585. The lowest BCUT2D eigenvalue weighted by molar-refractivity contribution is -0.158. The topological polar surface area (TPSA) is 46.6 Å². The molecule has 1 saturated heterocycles. The van der Waals surface area contributed by atoms with Crippen molar-refractivity contribution >= 4 is 27.8 Å². The SMILES string of the molecule is CCC(Br)C(=O)O[C@@H](C)C(=O)N1CCCC1. The van der Waals surface area contributed by atoms with Crippen LogP contribution in [0, 0.1) is 0 Å². The standard InChI is InChI=1S/C11H18BrNO3/c1-3-9(12)11(15)16-8(2)10(14)13-6-4-5-7-13/h8-9H,3-7H2,1-2H3/t8-,9?/m0/s1. The summed E-state index contributed by atoms with van der Waals surface area (Å²) in [5.74, 6) is -0.441. The van der Waals surface area contributed by atoms with Gasteiger partial charge in [0.05, 0.1) is 0 Å². The van der Waals surface area contributed by atoms with E-state index < -0.39 is 6.10 Å². The molecule has 1 aliphatic rings. The molecular formula is C11H18BrNO3. The molecule has 1 unspecified atom stereocenters. The first-order valence-electron chi connectivity index (χ1n) is 5.69. The predicted molar refractivity (Wildman–Crippen MR) is 64.4 cm³/mol. The van der Waals surface area contributed by atoms with Gasteiger partial charge in [-0.3, -0.25) is 9.59 Å². The van der Waals surface area contributed by atoms with Crippen molar-refractivity contribution in [2.75, 3.05) is 13.1 Å². The van der Waals surface area contributed by atoms with Gasteiger partial charge >= 0.3 is 5.97 Å². The molecule has 0 saturated carbocycles. The van der Waals surface area contributed by atoms with Gasteiger partial charge in [0.15, 0.2) is 6.10 Å². The van der Waals surface area contributed by atoms with Gasteiger partial charge in [-0.15, -0.1) is 0 Å². The third kappa shape index (κ3) is 3.47. The van der Waals surface area contributed by atoms with Gasteiger partial charge in [-0.05, 0) is 26.2 Å². The van der Waals surface area contributed by atoms with Gasteiger partial charge in [0.25, 0.3) is 5.91 Å². The zero-order chi connectivity index (χ0) is 12.1. The fourth-order valence-corrected chi connectivity index (χ4v) is 1.77. The van der Waals surface area contributed by atoms with E-state index in [1.54, 1.807) is 11.8 Å². The zero-order valence-electron chi connectivity index (χ0n) is 9.74. The van der Waals surface area contributed by atoms with Crippen LogP contribution in [0.4, 0.5) is 0 Å². The molecule has 0 radical (unpaired) electrons. The Morgan fingerprint density at radius 1 is 1.38 bits per heavy atom. The van der Waals surface area contributed by atoms with Crippen LogP contribution in [-0.2, 0) is 14.3 Å². The molecule has 1 rings (SSSR count).